The third kappa shape index (κ3) is 3.61. The van der Waals surface area contributed by atoms with Crippen molar-refractivity contribution >= 4 is 23.6 Å². The highest BCUT2D eigenvalue weighted by molar-refractivity contribution is 6.31. The van der Waals surface area contributed by atoms with Crippen LogP contribution in [0.4, 0.5) is 0 Å². The van der Waals surface area contributed by atoms with Crippen molar-refractivity contribution in [1.82, 2.24) is 5.32 Å². The fourth-order valence-corrected chi connectivity index (χ4v) is 2.39. The van der Waals surface area contributed by atoms with Gasteiger partial charge in [0, 0.05) is 17.1 Å². The molecule has 2 nitrogen and oxygen atoms in total. The van der Waals surface area contributed by atoms with E-state index in [1.165, 1.54) is 12.8 Å². The minimum absolute atomic E-state index is 0.0152. The van der Waals surface area contributed by atoms with Gasteiger partial charge in [0.25, 0.3) is 0 Å². The maximum absolute atomic E-state index is 11.7. The molecule has 1 fully saturated rings. The van der Waals surface area contributed by atoms with Crippen LogP contribution in [0.3, 0.4) is 0 Å². The number of carbonyl (C=O) groups excluding carboxylic acids is 1. The van der Waals surface area contributed by atoms with Gasteiger partial charge in [-0.3, -0.25) is 4.79 Å². The molecule has 0 atom stereocenters. The minimum atomic E-state index is -0.0152. The molecule has 18 heavy (non-hydrogen) atoms. The molecule has 0 aromatic heterocycles. The molecule has 2 rings (SSSR count). The van der Waals surface area contributed by atoms with Gasteiger partial charge in [-0.05, 0) is 43.0 Å². The van der Waals surface area contributed by atoms with Crippen molar-refractivity contribution in [1.29, 1.82) is 0 Å². The molecule has 1 saturated carbocycles. The highest BCUT2D eigenvalue weighted by Crippen LogP contribution is 2.18. The van der Waals surface area contributed by atoms with Crippen molar-refractivity contribution in [3.05, 3.63) is 40.4 Å². The van der Waals surface area contributed by atoms with Crippen molar-refractivity contribution in [2.24, 2.45) is 0 Å². The Bertz CT molecular complexity index is 462. The number of carbonyl (C=O) groups is 1. The van der Waals surface area contributed by atoms with Gasteiger partial charge in [-0.2, -0.15) is 0 Å². The molecule has 1 aliphatic rings. The number of benzene rings is 1. The fraction of sp³-hybridized carbons (Fsp3) is 0.400. The number of rotatable bonds is 3. The monoisotopic (exact) mass is 263 g/mol. The molecule has 1 amide bonds. The van der Waals surface area contributed by atoms with E-state index in [1.807, 2.05) is 25.1 Å². The molecule has 0 radical (unpaired) electrons. The third-order valence-corrected chi connectivity index (χ3v) is 3.73. The lowest BCUT2D eigenvalue weighted by Crippen LogP contribution is -2.30. The first-order valence-electron chi connectivity index (χ1n) is 6.40. The molecular weight excluding hydrogens is 246 g/mol. The van der Waals surface area contributed by atoms with E-state index in [0.29, 0.717) is 6.04 Å². The average Bonchev–Trinajstić information content (AvgIpc) is 2.83. The lowest BCUT2D eigenvalue weighted by molar-refractivity contribution is -0.117. The molecule has 3 heteroatoms. The van der Waals surface area contributed by atoms with Crippen molar-refractivity contribution in [2.75, 3.05) is 0 Å². The quantitative estimate of drug-likeness (QED) is 0.828. The van der Waals surface area contributed by atoms with Gasteiger partial charge in [0.15, 0.2) is 0 Å². The van der Waals surface area contributed by atoms with Gasteiger partial charge in [-0.1, -0.05) is 36.6 Å². The minimum Gasteiger partial charge on any atom is -0.350 e. The van der Waals surface area contributed by atoms with E-state index in [0.717, 1.165) is 29.0 Å². The highest BCUT2D eigenvalue weighted by Gasteiger charge is 2.15. The molecule has 1 N–H and O–H groups in total. The van der Waals surface area contributed by atoms with E-state index < -0.39 is 0 Å². The second-order valence-electron chi connectivity index (χ2n) is 4.83. The van der Waals surface area contributed by atoms with Crippen LogP contribution in [0.5, 0.6) is 0 Å². The van der Waals surface area contributed by atoms with E-state index in [-0.39, 0.29) is 5.91 Å². The molecular formula is C15H18ClNO. The first-order valence-corrected chi connectivity index (χ1v) is 6.77. The average molecular weight is 264 g/mol. The van der Waals surface area contributed by atoms with Crippen LogP contribution in [0, 0.1) is 6.92 Å². The molecule has 96 valence electrons. The van der Waals surface area contributed by atoms with Gasteiger partial charge in [0.05, 0.1) is 0 Å². The van der Waals surface area contributed by atoms with E-state index in [2.05, 4.69) is 5.32 Å². The summed E-state index contributed by atoms with van der Waals surface area (Å²) in [5.74, 6) is -0.0152. The number of nitrogens with one attached hydrogen (secondary N) is 1. The lowest BCUT2D eigenvalue weighted by atomic mass is 10.1. The van der Waals surface area contributed by atoms with Crippen molar-refractivity contribution in [2.45, 2.75) is 38.6 Å². The summed E-state index contributed by atoms with van der Waals surface area (Å²) in [4.78, 5) is 11.7. The van der Waals surface area contributed by atoms with Gasteiger partial charge in [-0.15, -0.1) is 0 Å². The Kier molecular flexibility index (Phi) is 4.43. The lowest BCUT2D eigenvalue weighted by Gasteiger charge is -2.09. The largest absolute Gasteiger partial charge is 0.350 e. The zero-order valence-electron chi connectivity index (χ0n) is 10.6. The molecule has 0 unspecified atom stereocenters. The smallest absolute Gasteiger partial charge is 0.244 e. The molecule has 1 aromatic carbocycles. The first-order chi connectivity index (χ1) is 8.65. The van der Waals surface area contributed by atoms with Gasteiger partial charge >= 0.3 is 0 Å². The van der Waals surface area contributed by atoms with Crippen LogP contribution in [0.25, 0.3) is 6.08 Å². The van der Waals surface area contributed by atoms with E-state index >= 15 is 0 Å². The summed E-state index contributed by atoms with van der Waals surface area (Å²) in [6.07, 6.45) is 8.05. The van der Waals surface area contributed by atoms with Crippen LogP contribution < -0.4 is 5.32 Å². The van der Waals surface area contributed by atoms with Gasteiger partial charge in [-0.25, -0.2) is 0 Å². The van der Waals surface area contributed by atoms with E-state index in [9.17, 15) is 4.79 Å². The fourth-order valence-electron chi connectivity index (χ4n) is 2.20. The van der Waals surface area contributed by atoms with Crippen molar-refractivity contribution < 1.29 is 4.79 Å². The summed E-state index contributed by atoms with van der Waals surface area (Å²) in [7, 11) is 0. The van der Waals surface area contributed by atoms with Crippen LogP contribution in [0.1, 0.15) is 36.8 Å². The topological polar surface area (TPSA) is 29.1 Å². The van der Waals surface area contributed by atoms with Crippen molar-refractivity contribution in [3.63, 3.8) is 0 Å². The highest BCUT2D eigenvalue weighted by atomic mass is 35.5. The summed E-state index contributed by atoms with van der Waals surface area (Å²) in [5.41, 5.74) is 2.00. The summed E-state index contributed by atoms with van der Waals surface area (Å²) in [6, 6.07) is 6.15. The van der Waals surface area contributed by atoms with Gasteiger partial charge < -0.3 is 5.32 Å². The molecule has 0 heterocycles. The Morgan fingerprint density at radius 3 is 2.78 bits per heavy atom. The zero-order chi connectivity index (χ0) is 13.0. The molecule has 0 bridgehead atoms. The summed E-state index contributed by atoms with van der Waals surface area (Å²) >= 11 is 6.03. The number of hydrogen-bond donors (Lipinski definition) is 1. The molecule has 1 aromatic rings. The molecule has 0 spiro atoms. The van der Waals surface area contributed by atoms with Crippen LogP contribution in [-0.2, 0) is 4.79 Å². The Hall–Kier alpha value is -1.28. The summed E-state index contributed by atoms with van der Waals surface area (Å²) in [6.45, 7) is 1.96. The van der Waals surface area contributed by atoms with Crippen LogP contribution in [0.2, 0.25) is 5.02 Å². The predicted molar refractivity (Wildman–Crippen MR) is 75.6 cm³/mol. The summed E-state index contributed by atoms with van der Waals surface area (Å²) < 4.78 is 0. The van der Waals surface area contributed by atoms with E-state index in [4.69, 9.17) is 11.6 Å². The van der Waals surface area contributed by atoms with Crippen LogP contribution in [0.15, 0.2) is 24.3 Å². The second-order valence-corrected chi connectivity index (χ2v) is 5.24. The molecule has 0 aliphatic heterocycles. The van der Waals surface area contributed by atoms with Gasteiger partial charge in [0.2, 0.25) is 5.91 Å². The predicted octanol–water partition coefficient (Wildman–Crippen LogP) is 3.72. The maximum Gasteiger partial charge on any atom is 0.244 e. The summed E-state index contributed by atoms with van der Waals surface area (Å²) in [5, 5.41) is 3.75. The third-order valence-electron chi connectivity index (χ3n) is 3.32. The van der Waals surface area contributed by atoms with E-state index in [1.54, 1.807) is 12.2 Å². The van der Waals surface area contributed by atoms with Crippen LogP contribution >= 0.6 is 11.6 Å². The zero-order valence-corrected chi connectivity index (χ0v) is 11.3. The number of aryl methyl sites for hydroxylation is 1. The first kappa shape index (κ1) is 13.2. The Morgan fingerprint density at radius 1 is 1.39 bits per heavy atom. The Balaban J connectivity index is 1.92. The Morgan fingerprint density at radius 2 is 2.11 bits per heavy atom. The molecule has 1 aliphatic carbocycles. The van der Waals surface area contributed by atoms with Gasteiger partial charge in [0.1, 0.15) is 0 Å². The van der Waals surface area contributed by atoms with Crippen LogP contribution in [-0.4, -0.2) is 11.9 Å². The number of amides is 1. The maximum atomic E-state index is 11.7. The standard InChI is InChI=1S/C15H18ClNO/c1-11-6-7-12(10-14(11)16)8-9-15(18)17-13-4-2-3-5-13/h6-10,13H,2-5H2,1H3,(H,17,18). The number of halogens is 1. The van der Waals surface area contributed by atoms with Crippen molar-refractivity contribution in [3.8, 4) is 0 Å². The SMILES string of the molecule is Cc1ccc(C=CC(=O)NC2CCCC2)cc1Cl. The normalized spacial score (nSPS) is 16.3. The molecule has 0 saturated heterocycles. The Labute approximate surface area is 113 Å². The second kappa shape index (κ2) is 6.05. The number of hydrogen-bond acceptors (Lipinski definition) is 1.